The van der Waals surface area contributed by atoms with Crippen molar-refractivity contribution in [3.8, 4) is 0 Å². The Morgan fingerprint density at radius 3 is 2.44 bits per heavy atom. The van der Waals surface area contributed by atoms with E-state index in [1.165, 1.54) is 0 Å². The van der Waals surface area contributed by atoms with Crippen molar-refractivity contribution in [2.75, 3.05) is 26.7 Å². The van der Waals surface area contributed by atoms with E-state index in [0.29, 0.717) is 36.9 Å². The number of ether oxygens (including phenoxy) is 1. The molecule has 0 spiro atoms. The molecule has 2 amide bonds. The molecule has 1 aromatic carbocycles. The molecule has 1 aliphatic rings. The van der Waals surface area contributed by atoms with Gasteiger partial charge in [0.1, 0.15) is 5.60 Å². The monoisotopic (exact) mass is 394 g/mol. The van der Waals surface area contributed by atoms with E-state index in [0.717, 1.165) is 24.9 Å². The average Bonchev–Trinajstić information content (AvgIpc) is 2.60. The molecule has 27 heavy (non-hydrogen) atoms. The van der Waals surface area contributed by atoms with Crippen LogP contribution in [0.5, 0.6) is 0 Å². The topological polar surface area (TPSA) is 49.9 Å². The molecule has 0 radical (unpaired) electrons. The van der Waals surface area contributed by atoms with E-state index in [-0.39, 0.29) is 12.0 Å². The fraction of sp³-hybridized carbons (Fsp3) is 0.619. The SMILES string of the molecule is CN(CC1CCN(C(=O)OC(C)(C)C)CC1)C(=O)CCc1ccccc1Cl. The summed E-state index contributed by atoms with van der Waals surface area (Å²) in [7, 11) is 1.86. The molecule has 1 aliphatic heterocycles. The number of carbonyl (C=O) groups excluding carboxylic acids is 2. The quantitative estimate of drug-likeness (QED) is 0.744. The zero-order chi connectivity index (χ0) is 20.0. The van der Waals surface area contributed by atoms with Crippen molar-refractivity contribution < 1.29 is 14.3 Å². The Hall–Kier alpha value is -1.75. The van der Waals surface area contributed by atoms with Gasteiger partial charge in [0.25, 0.3) is 0 Å². The first-order valence-corrected chi connectivity index (χ1v) is 9.99. The molecule has 0 atom stereocenters. The summed E-state index contributed by atoms with van der Waals surface area (Å²) in [6.07, 6.45) is 2.64. The maximum atomic E-state index is 12.4. The molecule has 1 saturated heterocycles. The van der Waals surface area contributed by atoms with Gasteiger partial charge in [0.15, 0.2) is 0 Å². The number of nitrogens with zero attached hydrogens (tertiary/aromatic N) is 2. The number of likely N-dealkylation sites (tertiary alicyclic amines) is 1. The molecule has 2 rings (SSSR count). The second-order valence-corrected chi connectivity index (χ2v) is 8.68. The van der Waals surface area contributed by atoms with Gasteiger partial charge in [-0.1, -0.05) is 29.8 Å². The van der Waals surface area contributed by atoms with Gasteiger partial charge < -0.3 is 14.5 Å². The first-order valence-electron chi connectivity index (χ1n) is 9.61. The summed E-state index contributed by atoms with van der Waals surface area (Å²) in [5.74, 6) is 0.544. The molecule has 6 heteroatoms. The van der Waals surface area contributed by atoms with E-state index in [4.69, 9.17) is 16.3 Å². The predicted octanol–water partition coefficient (Wildman–Crippen LogP) is 4.38. The molecule has 0 bridgehead atoms. The Bertz CT molecular complexity index is 649. The molecular weight excluding hydrogens is 364 g/mol. The summed E-state index contributed by atoms with van der Waals surface area (Å²) in [6.45, 7) is 7.72. The van der Waals surface area contributed by atoms with Crippen LogP contribution in [0.25, 0.3) is 0 Å². The van der Waals surface area contributed by atoms with Crippen molar-refractivity contribution in [1.82, 2.24) is 9.80 Å². The van der Waals surface area contributed by atoms with Crippen LogP contribution in [0, 0.1) is 5.92 Å². The highest BCUT2D eigenvalue weighted by Crippen LogP contribution is 2.21. The van der Waals surface area contributed by atoms with Crippen molar-refractivity contribution >= 4 is 23.6 Å². The standard InChI is InChI=1S/C21H31ClN2O3/c1-21(2,3)27-20(26)24-13-11-16(12-14-24)15-23(4)19(25)10-9-17-7-5-6-8-18(17)22/h5-8,16H,9-15H2,1-4H3. The highest BCUT2D eigenvalue weighted by molar-refractivity contribution is 6.31. The van der Waals surface area contributed by atoms with Crippen molar-refractivity contribution in [3.63, 3.8) is 0 Å². The Morgan fingerprint density at radius 2 is 1.85 bits per heavy atom. The number of halogens is 1. The van der Waals surface area contributed by atoms with E-state index in [9.17, 15) is 9.59 Å². The number of rotatable bonds is 5. The maximum absolute atomic E-state index is 12.4. The molecule has 150 valence electrons. The van der Waals surface area contributed by atoms with Crippen LogP contribution in [0.1, 0.15) is 45.6 Å². The molecule has 0 aliphatic carbocycles. The Morgan fingerprint density at radius 1 is 1.22 bits per heavy atom. The average molecular weight is 395 g/mol. The summed E-state index contributed by atoms with van der Waals surface area (Å²) >= 11 is 6.15. The Balaban J connectivity index is 1.73. The van der Waals surface area contributed by atoms with Crippen molar-refractivity contribution in [1.29, 1.82) is 0 Å². The van der Waals surface area contributed by atoms with E-state index >= 15 is 0 Å². The van der Waals surface area contributed by atoms with Crippen LogP contribution in [-0.4, -0.2) is 54.1 Å². The van der Waals surface area contributed by atoms with Gasteiger partial charge >= 0.3 is 6.09 Å². The fourth-order valence-electron chi connectivity index (χ4n) is 3.25. The molecular formula is C21H31ClN2O3. The number of piperidine rings is 1. The third-order valence-electron chi connectivity index (χ3n) is 4.79. The second kappa shape index (κ2) is 9.45. The zero-order valence-corrected chi connectivity index (χ0v) is 17.6. The minimum absolute atomic E-state index is 0.129. The van der Waals surface area contributed by atoms with Gasteiger partial charge in [-0.2, -0.15) is 0 Å². The third kappa shape index (κ3) is 7.06. The van der Waals surface area contributed by atoms with Crippen LogP contribution in [0.15, 0.2) is 24.3 Å². The van der Waals surface area contributed by atoms with Crippen LogP contribution in [0.3, 0.4) is 0 Å². The van der Waals surface area contributed by atoms with Gasteiger partial charge in [0.05, 0.1) is 0 Å². The maximum Gasteiger partial charge on any atom is 0.410 e. The van der Waals surface area contributed by atoms with Gasteiger partial charge in [-0.15, -0.1) is 0 Å². The number of carbonyl (C=O) groups is 2. The molecule has 0 N–H and O–H groups in total. The summed E-state index contributed by atoms with van der Waals surface area (Å²) in [5.41, 5.74) is 0.536. The number of aryl methyl sites for hydroxylation is 1. The lowest BCUT2D eigenvalue weighted by atomic mass is 9.96. The van der Waals surface area contributed by atoms with Gasteiger partial charge in [0.2, 0.25) is 5.91 Å². The lowest BCUT2D eigenvalue weighted by Crippen LogP contribution is -2.44. The van der Waals surface area contributed by atoms with Crippen molar-refractivity contribution in [3.05, 3.63) is 34.9 Å². The van der Waals surface area contributed by atoms with Crippen LogP contribution in [0.4, 0.5) is 4.79 Å². The van der Waals surface area contributed by atoms with Gasteiger partial charge in [-0.3, -0.25) is 4.79 Å². The summed E-state index contributed by atoms with van der Waals surface area (Å²) in [4.78, 5) is 28.1. The predicted molar refractivity (Wildman–Crippen MR) is 108 cm³/mol. The summed E-state index contributed by atoms with van der Waals surface area (Å²) in [5, 5.41) is 0.711. The van der Waals surface area contributed by atoms with E-state index < -0.39 is 5.60 Å². The van der Waals surface area contributed by atoms with Gasteiger partial charge in [-0.25, -0.2) is 4.79 Å². The second-order valence-electron chi connectivity index (χ2n) is 8.28. The minimum Gasteiger partial charge on any atom is -0.444 e. The number of benzene rings is 1. The zero-order valence-electron chi connectivity index (χ0n) is 16.8. The highest BCUT2D eigenvalue weighted by Gasteiger charge is 2.27. The van der Waals surface area contributed by atoms with E-state index in [2.05, 4.69) is 0 Å². The van der Waals surface area contributed by atoms with Gasteiger partial charge in [0, 0.05) is 38.1 Å². The molecule has 1 fully saturated rings. The molecule has 5 nitrogen and oxygen atoms in total. The largest absolute Gasteiger partial charge is 0.444 e. The molecule has 1 heterocycles. The smallest absolute Gasteiger partial charge is 0.410 e. The fourth-order valence-corrected chi connectivity index (χ4v) is 3.48. The van der Waals surface area contributed by atoms with Crippen molar-refractivity contribution in [2.24, 2.45) is 5.92 Å². The minimum atomic E-state index is -0.470. The number of hydrogen-bond donors (Lipinski definition) is 0. The lowest BCUT2D eigenvalue weighted by molar-refractivity contribution is -0.130. The Kier molecular flexibility index (Phi) is 7.54. The van der Waals surface area contributed by atoms with Gasteiger partial charge in [-0.05, 0) is 57.6 Å². The summed E-state index contributed by atoms with van der Waals surface area (Å²) < 4.78 is 5.43. The Labute approximate surface area is 167 Å². The van der Waals surface area contributed by atoms with Crippen LogP contribution in [0.2, 0.25) is 5.02 Å². The van der Waals surface area contributed by atoms with E-state index in [1.54, 1.807) is 4.90 Å². The molecule has 0 saturated carbocycles. The molecule has 0 unspecified atom stereocenters. The highest BCUT2D eigenvalue weighted by atomic mass is 35.5. The van der Waals surface area contributed by atoms with Crippen LogP contribution < -0.4 is 0 Å². The molecule has 0 aromatic heterocycles. The lowest BCUT2D eigenvalue weighted by Gasteiger charge is -2.34. The first-order chi connectivity index (χ1) is 12.7. The van der Waals surface area contributed by atoms with Crippen molar-refractivity contribution in [2.45, 2.75) is 52.1 Å². The third-order valence-corrected chi connectivity index (χ3v) is 5.16. The van der Waals surface area contributed by atoms with Crippen LogP contribution in [-0.2, 0) is 16.0 Å². The molecule has 1 aromatic rings. The van der Waals surface area contributed by atoms with E-state index in [1.807, 2.05) is 57.0 Å². The summed E-state index contributed by atoms with van der Waals surface area (Å²) in [6, 6.07) is 7.64. The number of amides is 2. The normalized spacial score (nSPS) is 15.5. The first kappa shape index (κ1) is 21.5. The number of hydrogen-bond acceptors (Lipinski definition) is 3. The van der Waals surface area contributed by atoms with Crippen LogP contribution >= 0.6 is 11.6 Å².